The maximum Gasteiger partial charge on any atom is 0.308 e. The van der Waals surface area contributed by atoms with Gasteiger partial charge in [0.15, 0.2) is 0 Å². The molecule has 0 aliphatic rings. The largest absolute Gasteiger partial charge is 0.489 e. The van der Waals surface area contributed by atoms with Gasteiger partial charge in [0.2, 0.25) is 0 Å². The second kappa shape index (κ2) is 16.3. The molecule has 2 N–H and O–H groups in total. The summed E-state index contributed by atoms with van der Waals surface area (Å²) in [5.41, 5.74) is 6.39. The van der Waals surface area contributed by atoms with Crippen LogP contribution in [-0.2, 0) is 28.5 Å². The lowest BCUT2D eigenvalue weighted by Crippen LogP contribution is -2.14. The van der Waals surface area contributed by atoms with Crippen LogP contribution < -0.4 is 10.5 Å². The van der Waals surface area contributed by atoms with Gasteiger partial charge in [0.05, 0.1) is 71.6 Å². The predicted molar refractivity (Wildman–Crippen MR) is 101 cm³/mol. The molecule has 0 bridgehead atoms. The van der Waals surface area contributed by atoms with Crippen molar-refractivity contribution >= 4 is 11.7 Å². The van der Waals surface area contributed by atoms with Crippen LogP contribution in [0.4, 0.5) is 5.69 Å². The highest BCUT2D eigenvalue weighted by atomic mass is 16.6. The molecule has 0 unspecified atom stereocenters. The summed E-state index contributed by atoms with van der Waals surface area (Å²) >= 11 is 0. The minimum absolute atomic E-state index is 0.246. The third-order valence-electron chi connectivity index (χ3n) is 3.28. The molecule has 0 heterocycles. The van der Waals surface area contributed by atoms with E-state index in [1.807, 2.05) is 18.2 Å². The number of carbonyl (C=O) groups excluding carboxylic acids is 1. The van der Waals surface area contributed by atoms with Crippen LogP contribution in [0.25, 0.3) is 0 Å². The van der Waals surface area contributed by atoms with Crippen molar-refractivity contribution in [1.82, 2.24) is 0 Å². The molecule has 0 aliphatic carbocycles. The molecule has 0 aliphatic heterocycles. The Balaban J connectivity index is 1.77. The second-order valence-corrected chi connectivity index (χ2v) is 5.39. The highest BCUT2D eigenvalue weighted by Crippen LogP contribution is 2.19. The SMILES string of the molecule is CCOC(=O)CCOCCOCCOCCOCCOc1ccccc1N. The molecule has 27 heavy (non-hydrogen) atoms. The standard InChI is InChI=1S/C19H31NO7/c1-2-26-19(21)7-8-22-9-10-23-11-12-24-13-14-25-15-16-27-18-6-4-3-5-17(18)20/h3-6H,2,7-16,20H2,1H3. The number of carbonyl (C=O) groups is 1. The summed E-state index contributed by atoms with van der Waals surface area (Å²) in [6.07, 6.45) is 0.265. The summed E-state index contributed by atoms with van der Waals surface area (Å²) in [6, 6.07) is 7.35. The van der Waals surface area contributed by atoms with E-state index < -0.39 is 0 Å². The first-order chi connectivity index (χ1) is 13.2. The number of anilines is 1. The van der Waals surface area contributed by atoms with Gasteiger partial charge in [-0.25, -0.2) is 0 Å². The Hall–Kier alpha value is -1.87. The Kier molecular flexibility index (Phi) is 14.0. The molecule has 0 amide bonds. The number of esters is 1. The molecule has 8 heteroatoms. The number of hydrogen-bond donors (Lipinski definition) is 1. The highest BCUT2D eigenvalue weighted by molar-refractivity contribution is 5.69. The third kappa shape index (κ3) is 13.0. The fourth-order valence-corrected chi connectivity index (χ4v) is 1.97. The molecular weight excluding hydrogens is 354 g/mol. The lowest BCUT2D eigenvalue weighted by Gasteiger charge is -2.09. The zero-order valence-electron chi connectivity index (χ0n) is 16.0. The van der Waals surface area contributed by atoms with Gasteiger partial charge in [-0.15, -0.1) is 0 Å². The number of nitrogens with two attached hydrogens (primary N) is 1. The number of benzene rings is 1. The van der Waals surface area contributed by atoms with Gasteiger partial charge in [-0.1, -0.05) is 12.1 Å². The molecular formula is C19H31NO7. The van der Waals surface area contributed by atoms with Gasteiger partial charge in [0.25, 0.3) is 0 Å². The fraction of sp³-hybridized carbons (Fsp3) is 0.632. The van der Waals surface area contributed by atoms with E-state index >= 15 is 0 Å². The van der Waals surface area contributed by atoms with Gasteiger partial charge in [0.1, 0.15) is 12.4 Å². The van der Waals surface area contributed by atoms with Crippen LogP contribution in [0.3, 0.4) is 0 Å². The van der Waals surface area contributed by atoms with E-state index in [1.54, 1.807) is 13.0 Å². The molecule has 0 atom stereocenters. The summed E-state index contributed by atoms with van der Waals surface area (Å²) in [4.78, 5) is 11.1. The Labute approximate surface area is 160 Å². The Morgan fingerprint density at radius 3 is 1.89 bits per heavy atom. The molecule has 0 fully saturated rings. The van der Waals surface area contributed by atoms with E-state index in [4.69, 9.17) is 34.2 Å². The molecule has 0 saturated carbocycles. The minimum atomic E-state index is -0.246. The first kappa shape index (κ1) is 23.2. The first-order valence-corrected chi connectivity index (χ1v) is 9.18. The quantitative estimate of drug-likeness (QED) is 0.246. The molecule has 1 rings (SSSR count). The van der Waals surface area contributed by atoms with Crippen molar-refractivity contribution in [3.63, 3.8) is 0 Å². The molecule has 0 saturated heterocycles. The van der Waals surface area contributed by atoms with E-state index in [1.165, 1.54) is 0 Å². The first-order valence-electron chi connectivity index (χ1n) is 9.18. The van der Waals surface area contributed by atoms with Crippen molar-refractivity contribution in [2.45, 2.75) is 13.3 Å². The number of ether oxygens (including phenoxy) is 6. The normalized spacial score (nSPS) is 10.7. The van der Waals surface area contributed by atoms with E-state index in [9.17, 15) is 4.79 Å². The van der Waals surface area contributed by atoms with Crippen molar-refractivity contribution in [2.75, 3.05) is 71.8 Å². The maximum absolute atomic E-state index is 11.1. The molecule has 1 aromatic rings. The molecule has 8 nitrogen and oxygen atoms in total. The number of nitrogen functional groups attached to an aromatic ring is 1. The fourth-order valence-electron chi connectivity index (χ4n) is 1.97. The average molecular weight is 385 g/mol. The zero-order chi connectivity index (χ0) is 19.6. The number of rotatable bonds is 17. The van der Waals surface area contributed by atoms with Gasteiger partial charge >= 0.3 is 5.97 Å². The van der Waals surface area contributed by atoms with E-state index in [0.29, 0.717) is 77.5 Å². The van der Waals surface area contributed by atoms with Crippen molar-refractivity contribution in [1.29, 1.82) is 0 Å². The van der Waals surface area contributed by atoms with Gasteiger partial charge in [-0.2, -0.15) is 0 Å². The summed E-state index contributed by atoms with van der Waals surface area (Å²) in [5, 5.41) is 0. The van der Waals surface area contributed by atoms with Crippen LogP contribution in [0.15, 0.2) is 24.3 Å². The summed E-state index contributed by atoms with van der Waals surface area (Å²) in [7, 11) is 0. The summed E-state index contributed by atoms with van der Waals surface area (Å²) in [6.45, 7) is 6.28. The van der Waals surface area contributed by atoms with E-state index in [2.05, 4.69) is 0 Å². The Morgan fingerprint density at radius 2 is 1.33 bits per heavy atom. The van der Waals surface area contributed by atoms with E-state index in [0.717, 1.165) is 0 Å². The minimum Gasteiger partial charge on any atom is -0.489 e. The van der Waals surface area contributed by atoms with Crippen LogP contribution in [0, 0.1) is 0 Å². The van der Waals surface area contributed by atoms with Crippen LogP contribution in [-0.4, -0.2) is 72.0 Å². The topological polar surface area (TPSA) is 98.5 Å². The summed E-state index contributed by atoms with van der Waals surface area (Å²) < 4.78 is 31.7. The molecule has 0 radical (unpaired) electrons. The predicted octanol–water partition coefficient (Wildman–Crippen LogP) is 1.67. The van der Waals surface area contributed by atoms with Crippen LogP contribution >= 0.6 is 0 Å². The average Bonchev–Trinajstić information content (AvgIpc) is 2.66. The Morgan fingerprint density at radius 1 is 0.815 bits per heavy atom. The smallest absolute Gasteiger partial charge is 0.308 e. The lowest BCUT2D eigenvalue weighted by molar-refractivity contribution is -0.144. The van der Waals surface area contributed by atoms with Crippen LogP contribution in [0.1, 0.15) is 13.3 Å². The molecule has 1 aromatic carbocycles. The Bertz CT molecular complexity index is 499. The molecule has 0 spiro atoms. The van der Waals surface area contributed by atoms with Crippen molar-refractivity contribution in [3.8, 4) is 5.75 Å². The van der Waals surface area contributed by atoms with Gasteiger partial charge in [-0.05, 0) is 19.1 Å². The number of hydrogen-bond acceptors (Lipinski definition) is 8. The van der Waals surface area contributed by atoms with Crippen LogP contribution in [0.5, 0.6) is 5.75 Å². The second-order valence-electron chi connectivity index (χ2n) is 5.39. The molecule has 154 valence electrons. The molecule has 0 aromatic heterocycles. The number of para-hydroxylation sites is 2. The maximum atomic E-state index is 11.1. The highest BCUT2D eigenvalue weighted by Gasteiger charge is 2.01. The van der Waals surface area contributed by atoms with Crippen LogP contribution in [0.2, 0.25) is 0 Å². The monoisotopic (exact) mass is 385 g/mol. The van der Waals surface area contributed by atoms with Crippen molar-refractivity contribution in [2.24, 2.45) is 0 Å². The third-order valence-corrected chi connectivity index (χ3v) is 3.28. The van der Waals surface area contributed by atoms with Crippen molar-refractivity contribution < 1.29 is 33.2 Å². The van der Waals surface area contributed by atoms with Crippen molar-refractivity contribution in [3.05, 3.63) is 24.3 Å². The summed E-state index contributed by atoms with van der Waals surface area (Å²) in [5.74, 6) is 0.421. The van der Waals surface area contributed by atoms with Gasteiger partial charge < -0.3 is 34.2 Å². The zero-order valence-corrected chi connectivity index (χ0v) is 16.0. The van der Waals surface area contributed by atoms with Gasteiger partial charge in [0, 0.05) is 0 Å². The van der Waals surface area contributed by atoms with Gasteiger partial charge in [-0.3, -0.25) is 4.79 Å². The lowest BCUT2D eigenvalue weighted by atomic mass is 10.3. The van der Waals surface area contributed by atoms with E-state index in [-0.39, 0.29) is 12.4 Å².